The molecule has 3 nitrogen and oxygen atoms in total. The van der Waals surface area contributed by atoms with Gasteiger partial charge in [-0.05, 0) is 11.6 Å². The van der Waals surface area contributed by atoms with Crippen LogP contribution in [0, 0.1) is 11.6 Å². The lowest BCUT2D eigenvalue weighted by atomic mass is 10.1. The molecule has 20 heavy (non-hydrogen) atoms. The Hall–Kier alpha value is -2.14. The van der Waals surface area contributed by atoms with Gasteiger partial charge in [-0.2, -0.15) is 0 Å². The molecule has 106 valence electrons. The first-order valence-electron chi connectivity index (χ1n) is 6.26. The molecule has 2 aromatic rings. The first-order valence-corrected chi connectivity index (χ1v) is 6.26. The van der Waals surface area contributed by atoms with Gasteiger partial charge in [-0.25, -0.2) is 8.78 Å². The maximum atomic E-state index is 13.5. The zero-order chi connectivity index (χ0) is 14.5. The van der Waals surface area contributed by atoms with Gasteiger partial charge in [-0.1, -0.05) is 30.3 Å². The molecule has 0 aliphatic heterocycles. The van der Waals surface area contributed by atoms with Crippen LogP contribution < -0.4 is 10.6 Å². The first-order chi connectivity index (χ1) is 9.61. The molecule has 5 heteroatoms. The lowest BCUT2D eigenvalue weighted by Crippen LogP contribution is -2.27. The maximum absolute atomic E-state index is 13.5. The van der Waals surface area contributed by atoms with Crippen molar-refractivity contribution >= 4 is 11.4 Å². The summed E-state index contributed by atoms with van der Waals surface area (Å²) in [5.41, 5.74) is 6.77. The molecule has 0 aromatic heterocycles. The van der Waals surface area contributed by atoms with Crippen LogP contribution in [0.2, 0.25) is 0 Å². The Morgan fingerprint density at radius 2 is 1.80 bits per heavy atom. The predicted octanol–water partition coefficient (Wildman–Crippen LogP) is 2.55. The van der Waals surface area contributed by atoms with Gasteiger partial charge in [0.2, 0.25) is 0 Å². The van der Waals surface area contributed by atoms with Crippen molar-refractivity contribution in [1.29, 1.82) is 0 Å². The number of aliphatic hydroxyl groups excluding tert-OH is 1. The number of benzene rings is 2. The largest absolute Gasteiger partial charge is 0.395 e. The molecule has 0 atom stereocenters. The average Bonchev–Trinajstić information content (AvgIpc) is 2.43. The molecular formula is C15H16F2N2O. The van der Waals surface area contributed by atoms with E-state index in [-0.39, 0.29) is 24.5 Å². The van der Waals surface area contributed by atoms with E-state index >= 15 is 0 Å². The molecule has 0 amide bonds. The predicted molar refractivity (Wildman–Crippen MR) is 75.3 cm³/mol. The van der Waals surface area contributed by atoms with Crippen LogP contribution in [0.25, 0.3) is 0 Å². The van der Waals surface area contributed by atoms with E-state index in [0.29, 0.717) is 6.54 Å². The third-order valence-electron chi connectivity index (χ3n) is 3.00. The molecule has 0 fully saturated rings. The van der Waals surface area contributed by atoms with Gasteiger partial charge in [0.25, 0.3) is 0 Å². The summed E-state index contributed by atoms with van der Waals surface area (Å²) in [6.45, 7) is 0.515. The minimum atomic E-state index is -0.795. The molecule has 0 heterocycles. The highest BCUT2D eigenvalue weighted by Crippen LogP contribution is 2.28. The Bertz CT molecular complexity index is 576. The Morgan fingerprint density at radius 3 is 2.45 bits per heavy atom. The van der Waals surface area contributed by atoms with Crippen LogP contribution in [-0.4, -0.2) is 18.3 Å². The quantitative estimate of drug-likeness (QED) is 0.826. The number of halogens is 2. The number of hydrogen-bond donors (Lipinski definition) is 2. The van der Waals surface area contributed by atoms with Gasteiger partial charge < -0.3 is 15.7 Å². The van der Waals surface area contributed by atoms with Crippen LogP contribution >= 0.6 is 0 Å². The van der Waals surface area contributed by atoms with E-state index in [1.54, 1.807) is 4.90 Å². The summed E-state index contributed by atoms with van der Waals surface area (Å²) >= 11 is 0. The molecule has 0 aliphatic carbocycles. The number of rotatable bonds is 5. The molecule has 0 unspecified atom stereocenters. The van der Waals surface area contributed by atoms with Crippen LogP contribution in [-0.2, 0) is 6.54 Å². The lowest BCUT2D eigenvalue weighted by molar-refractivity contribution is 0.301. The number of nitrogens with two attached hydrogens (primary N) is 1. The smallest absolute Gasteiger partial charge is 0.151 e. The third kappa shape index (κ3) is 3.24. The standard InChI is InChI=1S/C15H16F2N2O/c16-12-8-13(17)15(18)14(9-12)19(6-7-20)10-11-4-2-1-3-5-11/h1-5,8-9,20H,6-7,10,18H2. The fraction of sp³-hybridized carbons (Fsp3) is 0.200. The second kappa shape index (κ2) is 6.34. The van der Waals surface area contributed by atoms with Crippen molar-refractivity contribution in [3.05, 3.63) is 59.7 Å². The number of nitrogen functional groups attached to an aromatic ring is 1. The third-order valence-corrected chi connectivity index (χ3v) is 3.00. The second-order valence-electron chi connectivity index (χ2n) is 4.45. The molecule has 2 rings (SSSR count). The fourth-order valence-corrected chi connectivity index (χ4v) is 2.04. The van der Waals surface area contributed by atoms with Crippen molar-refractivity contribution in [3.63, 3.8) is 0 Å². The lowest BCUT2D eigenvalue weighted by Gasteiger charge is -2.25. The molecule has 0 radical (unpaired) electrons. The molecule has 0 saturated carbocycles. The highest BCUT2D eigenvalue weighted by molar-refractivity contribution is 5.68. The fourth-order valence-electron chi connectivity index (χ4n) is 2.04. The number of nitrogens with zero attached hydrogens (tertiary/aromatic N) is 1. The minimum Gasteiger partial charge on any atom is -0.395 e. The Morgan fingerprint density at radius 1 is 1.10 bits per heavy atom. The number of anilines is 2. The monoisotopic (exact) mass is 278 g/mol. The SMILES string of the molecule is Nc1c(F)cc(F)cc1N(CCO)Cc1ccccc1. The Labute approximate surface area is 116 Å². The molecule has 3 N–H and O–H groups in total. The summed E-state index contributed by atoms with van der Waals surface area (Å²) in [6, 6.07) is 11.4. The summed E-state index contributed by atoms with van der Waals surface area (Å²) < 4.78 is 26.9. The van der Waals surface area contributed by atoms with Crippen molar-refractivity contribution in [2.24, 2.45) is 0 Å². The van der Waals surface area contributed by atoms with Crippen molar-refractivity contribution in [2.45, 2.75) is 6.54 Å². The summed E-state index contributed by atoms with van der Waals surface area (Å²) in [5.74, 6) is -1.49. The molecule has 0 spiro atoms. The van der Waals surface area contributed by atoms with Crippen molar-refractivity contribution < 1.29 is 13.9 Å². The highest BCUT2D eigenvalue weighted by atomic mass is 19.1. The topological polar surface area (TPSA) is 49.5 Å². The van der Waals surface area contributed by atoms with Gasteiger partial charge in [0.15, 0.2) is 5.82 Å². The maximum Gasteiger partial charge on any atom is 0.151 e. The van der Waals surface area contributed by atoms with E-state index in [1.165, 1.54) is 6.07 Å². The van der Waals surface area contributed by atoms with Gasteiger partial charge in [0.05, 0.1) is 18.0 Å². The molecule has 0 saturated heterocycles. The van der Waals surface area contributed by atoms with Gasteiger partial charge in [-0.3, -0.25) is 0 Å². The van der Waals surface area contributed by atoms with Crippen molar-refractivity contribution in [1.82, 2.24) is 0 Å². The Balaban J connectivity index is 2.33. The summed E-state index contributed by atoms with van der Waals surface area (Å²) in [6.07, 6.45) is 0. The zero-order valence-electron chi connectivity index (χ0n) is 10.9. The van der Waals surface area contributed by atoms with Crippen molar-refractivity contribution in [2.75, 3.05) is 23.8 Å². The van der Waals surface area contributed by atoms with E-state index in [4.69, 9.17) is 10.8 Å². The van der Waals surface area contributed by atoms with Gasteiger partial charge in [0.1, 0.15) is 5.82 Å². The van der Waals surface area contributed by atoms with Crippen LogP contribution in [0.4, 0.5) is 20.2 Å². The first kappa shape index (κ1) is 14.3. The van der Waals surface area contributed by atoms with E-state index in [1.807, 2.05) is 30.3 Å². The summed E-state index contributed by atoms with van der Waals surface area (Å²) in [5, 5.41) is 9.14. The molecule has 0 bridgehead atoms. The average molecular weight is 278 g/mol. The second-order valence-corrected chi connectivity index (χ2v) is 4.45. The highest BCUT2D eigenvalue weighted by Gasteiger charge is 2.15. The zero-order valence-corrected chi connectivity index (χ0v) is 10.9. The van der Waals surface area contributed by atoms with E-state index < -0.39 is 11.6 Å². The van der Waals surface area contributed by atoms with Crippen LogP contribution in [0.3, 0.4) is 0 Å². The van der Waals surface area contributed by atoms with Crippen LogP contribution in [0.5, 0.6) is 0 Å². The van der Waals surface area contributed by atoms with E-state index in [2.05, 4.69) is 0 Å². The summed E-state index contributed by atoms with van der Waals surface area (Å²) in [4.78, 5) is 1.65. The van der Waals surface area contributed by atoms with Gasteiger partial charge >= 0.3 is 0 Å². The normalized spacial score (nSPS) is 10.6. The molecule has 2 aromatic carbocycles. The van der Waals surface area contributed by atoms with Crippen molar-refractivity contribution in [3.8, 4) is 0 Å². The number of aliphatic hydroxyl groups is 1. The van der Waals surface area contributed by atoms with E-state index in [0.717, 1.165) is 11.6 Å². The summed E-state index contributed by atoms with van der Waals surface area (Å²) in [7, 11) is 0. The molecular weight excluding hydrogens is 262 g/mol. The molecule has 0 aliphatic rings. The minimum absolute atomic E-state index is 0.115. The van der Waals surface area contributed by atoms with Gasteiger partial charge in [-0.15, -0.1) is 0 Å². The van der Waals surface area contributed by atoms with Gasteiger partial charge in [0, 0.05) is 19.2 Å². The van der Waals surface area contributed by atoms with E-state index in [9.17, 15) is 8.78 Å². The Kier molecular flexibility index (Phi) is 4.53. The van der Waals surface area contributed by atoms with Crippen LogP contribution in [0.1, 0.15) is 5.56 Å². The number of hydrogen-bond acceptors (Lipinski definition) is 3. The van der Waals surface area contributed by atoms with Crippen LogP contribution in [0.15, 0.2) is 42.5 Å².